The van der Waals surface area contributed by atoms with Gasteiger partial charge in [-0.3, -0.25) is 4.79 Å². The van der Waals surface area contributed by atoms with E-state index >= 15 is 0 Å². The van der Waals surface area contributed by atoms with Gasteiger partial charge in [-0.1, -0.05) is 12.1 Å². The second-order valence-corrected chi connectivity index (χ2v) is 5.97. The lowest BCUT2D eigenvalue weighted by molar-refractivity contribution is -0.0732. The van der Waals surface area contributed by atoms with Crippen LogP contribution in [0.1, 0.15) is 28.8 Å². The van der Waals surface area contributed by atoms with Gasteiger partial charge in [-0.15, -0.1) is 0 Å². The van der Waals surface area contributed by atoms with Crippen LogP contribution in [0.15, 0.2) is 39.5 Å². The van der Waals surface area contributed by atoms with Crippen molar-refractivity contribution in [3.63, 3.8) is 0 Å². The van der Waals surface area contributed by atoms with E-state index in [0.29, 0.717) is 18.6 Å². The molecule has 3 N–H and O–H groups in total. The Morgan fingerprint density at radius 3 is 2.54 bits per heavy atom. The van der Waals surface area contributed by atoms with E-state index in [0.717, 1.165) is 11.3 Å². The Morgan fingerprint density at radius 2 is 1.88 bits per heavy atom. The third-order valence-corrected chi connectivity index (χ3v) is 4.34. The second-order valence-electron chi connectivity index (χ2n) is 5.97. The van der Waals surface area contributed by atoms with Crippen molar-refractivity contribution in [2.75, 3.05) is 7.11 Å². The Balaban J connectivity index is 1.79. The van der Waals surface area contributed by atoms with Crippen molar-refractivity contribution in [2.24, 2.45) is 0 Å². The molecule has 0 amide bonds. The highest BCUT2D eigenvalue weighted by atomic mass is 16.5. The van der Waals surface area contributed by atoms with Gasteiger partial charge in [0.25, 0.3) is 0 Å². The van der Waals surface area contributed by atoms with E-state index in [4.69, 9.17) is 9.15 Å². The summed E-state index contributed by atoms with van der Waals surface area (Å²) in [7, 11) is 1.61. The van der Waals surface area contributed by atoms with Crippen LogP contribution in [0.5, 0.6) is 5.75 Å². The SMILES string of the molecule is COc1ccc(CCc2cc(=O)c3c(o2)CC(O)C(O)C3O)cc1. The zero-order valence-electron chi connectivity index (χ0n) is 13.3. The molecule has 6 heteroatoms. The van der Waals surface area contributed by atoms with E-state index in [2.05, 4.69) is 0 Å². The van der Waals surface area contributed by atoms with Gasteiger partial charge in [0.15, 0.2) is 5.43 Å². The number of aliphatic hydroxyl groups is 3. The molecule has 24 heavy (non-hydrogen) atoms. The molecule has 1 aliphatic carbocycles. The Kier molecular flexibility index (Phi) is 4.71. The number of aryl methyl sites for hydroxylation is 2. The Morgan fingerprint density at radius 1 is 1.17 bits per heavy atom. The summed E-state index contributed by atoms with van der Waals surface area (Å²) in [5, 5.41) is 29.4. The van der Waals surface area contributed by atoms with Crippen LogP contribution in [0.25, 0.3) is 0 Å². The average Bonchev–Trinajstić information content (AvgIpc) is 2.58. The van der Waals surface area contributed by atoms with Crippen LogP contribution < -0.4 is 10.2 Å². The first kappa shape index (κ1) is 16.7. The minimum Gasteiger partial charge on any atom is -0.497 e. The van der Waals surface area contributed by atoms with Gasteiger partial charge in [0.2, 0.25) is 0 Å². The lowest BCUT2D eigenvalue weighted by Gasteiger charge is -2.29. The van der Waals surface area contributed by atoms with Gasteiger partial charge < -0.3 is 24.5 Å². The molecule has 3 rings (SSSR count). The van der Waals surface area contributed by atoms with E-state index in [1.807, 2.05) is 24.3 Å². The van der Waals surface area contributed by atoms with E-state index < -0.39 is 18.3 Å². The lowest BCUT2D eigenvalue weighted by Crippen LogP contribution is -2.41. The highest BCUT2D eigenvalue weighted by molar-refractivity contribution is 5.29. The largest absolute Gasteiger partial charge is 0.497 e. The summed E-state index contributed by atoms with van der Waals surface area (Å²) >= 11 is 0. The molecule has 0 aliphatic heterocycles. The summed E-state index contributed by atoms with van der Waals surface area (Å²) in [6.07, 6.45) is -2.73. The third-order valence-electron chi connectivity index (χ3n) is 4.34. The van der Waals surface area contributed by atoms with Crippen molar-refractivity contribution >= 4 is 0 Å². The van der Waals surface area contributed by atoms with Crippen LogP contribution in [0.2, 0.25) is 0 Å². The molecule has 1 aliphatic rings. The van der Waals surface area contributed by atoms with Crippen LogP contribution in [0, 0.1) is 0 Å². The van der Waals surface area contributed by atoms with Gasteiger partial charge in [0.05, 0.1) is 18.8 Å². The molecule has 128 valence electrons. The molecule has 2 aromatic rings. The first-order chi connectivity index (χ1) is 11.5. The molecular weight excluding hydrogens is 312 g/mol. The minimum atomic E-state index is -1.42. The summed E-state index contributed by atoms with van der Waals surface area (Å²) in [5.41, 5.74) is 0.743. The number of aliphatic hydroxyl groups excluding tert-OH is 3. The standard InChI is InChI=1S/C18H20O6/c1-23-11-5-2-10(3-6-11)4-7-12-8-13(19)16-15(24-12)9-14(20)17(21)18(16)22/h2-3,5-6,8,14,17-18,20-22H,4,7,9H2,1H3. The molecule has 0 bridgehead atoms. The maximum absolute atomic E-state index is 12.2. The first-order valence-electron chi connectivity index (χ1n) is 7.82. The van der Waals surface area contributed by atoms with Crippen LogP contribution in [0.4, 0.5) is 0 Å². The summed E-state index contributed by atoms with van der Waals surface area (Å²) < 4.78 is 10.8. The average molecular weight is 332 g/mol. The lowest BCUT2D eigenvalue weighted by atomic mass is 9.89. The van der Waals surface area contributed by atoms with Crippen LogP contribution in [0.3, 0.4) is 0 Å². The number of rotatable bonds is 4. The number of hydrogen-bond donors (Lipinski definition) is 3. The zero-order valence-corrected chi connectivity index (χ0v) is 13.3. The smallest absolute Gasteiger partial charge is 0.191 e. The minimum absolute atomic E-state index is 0.0131. The summed E-state index contributed by atoms with van der Waals surface area (Å²) in [6, 6.07) is 8.97. The van der Waals surface area contributed by atoms with Crippen molar-refractivity contribution in [2.45, 2.75) is 37.6 Å². The summed E-state index contributed by atoms with van der Waals surface area (Å²) in [6.45, 7) is 0. The van der Waals surface area contributed by atoms with Crippen molar-refractivity contribution < 1.29 is 24.5 Å². The summed E-state index contributed by atoms with van der Waals surface area (Å²) in [4.78, 5) is 12.2. The van der Waals surface area contributed by atoms with Crippen molar-refractivity contribution in [3.8, 4) is 5.75 Å². The van der Waals surface area contributed by atoms with Gasteiger partial charge in [-0.25, -0.2) is 0 Å². The van der Waals surface area contributed by atoms with E-state index in [9.17, 15) is 20.1 Å². The van der Waals surface area contributed by atoms with Crippen LogP contribution >= 0.6 is 0 Å². The topological polar surface area (TPSA) is 100 Å². The predicted molar refractivity (Wildman–Crippen MR) is 86.1 cm³/mol. The van der Waals surface area contributed by atoms with Crippen molar-refractivity contribution in [3.05, 3.63) is 63.2 Å². The van der Waals surface area contributed by atoms with Crippen molar-refractivity contribution in [1.29, 1.82) is 0 Å². The highest BCUT2D eigenvalue weighted by Gasteiger charge is 2.36. The monoisotopic (exact) mass is 332 g/mol. The van der Waals surface area contributed by atoms with E-state index in [1.54, 1.807) is 7.11 Å². The molecule has 0 spiro atoms. The normalized spacial score (nSPS) is 22.9. The van der Waals surface area contributed by atoms with Gasteiger partial charge in [0, 0.05) is 18.9 Å². The molecule has 0 fully saturated rings. The fraction of sp³-hybridized carbons (Fsp3) is 0.389. The number of hydrogen-bond acceptors (Lipinski definition) is 6. The third kappa shape index (κ3) is 3.21. The number of fused-ring (bicyclic) bond motifs is 1. The molecule has 3 atom stereocenters. The van der Waals surface area contributed by atoms with Gasteiger partial charge in [0.1, 0.15) is 29.5 Å². The zero-order chi connectivity index (χ0) is 17.3. The van der Waals surface area contributed by atoms with Crippen molar-refractivity contribution in [1.82, 2.24) is 0 Å². The quantitative estimate of drug-likeness (QED) is 0.764. The molecule has 0 saturated heterocycles. The van der Waals surface area contributed by atoms with E-state index in [1.165, 1.54) is 6.07 Å². The maximum Gasteiger partial charge on any atom is 0.191 e. The molecular formula is C18H20O6. The molecule has 1 aromatic heterocycles. The molecule has 3 unspecified atom stereocenters. The Hall–Kier alpha value is -2.15. The molecule has 1 heterocycles. The highest BCUT2D eigenvalue weighted by Crippen LogP contribution is 2.28. The van der Waals surface area contributed by atoms with Gasteiger partial charge in [-0.2, -0.15) is 0 Å². The maximum atomic E-state index is 12.2. The molecule has 0 radical (unpaired) electrons. The number of ether oxygens (including phenoxy) is 1. The number of methoxy groups -OCH3 is 1. The fourth-order valence-corrected chi connectivity index (χ4v) is 2.94. The van der Waals surface area contributed by atoms with Crippen LogP contribution in [-0.2, 0) is 19.3 Å². The van der Waals surface area contributed by atoms with E-state index in [-0.39, 0.29) is 23.2 Å². The van der Waals surface area contributed by atoms with Gasteiger partial charge >= 0.3 is 0 Å². The van der Waals surface area contributed by atoms with Gasteiger partial charge in [-0.05, 0) is 24.1 Å². The predicted octanol–water partition coefficient (Wildman–Crippen LogP) is 0.745. The second kappa shape index (κ2) is 6.76. The molecule has 0 saturated carbocycles. The number of benzene rings is 1. The Bertz CT molecular complexity index is 764. The summed E-state index contributed by atoms with van der Waals surface area (Å²) in [5.74, 6) is 1.52. The first-order valence-corrected chi connectivity index (χ1v) is 7.82. The fourth-order valence-electron chi connectivity index (χ4n) is 2.94. The molecule has 1 aromatic carbocycles. The Labute approximate surface area is 138 Å². The van der Waals surface area contributed by atoms with Crippen LogP contribution in [-0.4, -0.2) is 34.6 Å². The molecule has 6 nitrogen and oxygen atoms in total.